The second-order valence-corrected chi connectivity index (χ2v) is 15.9. The number of aromatic nitrogens is 2. The number of pyridine rings is 2. The van der Waals surface area contributed by atoms with Crippen molar-refractivity contribution >= 4 is 51.2 Å². The van der Waals surface area contributed by atoms with Gasteiger partial charge in [-0.1, -0.05) is 18.2 Å². The first-order valence-corrected chi connectivity index (χ1v) is 18.8. The average molecular weight is 906 g/mol. The minimum absolute atomic E-state index is 0. The largest absolute Gasteiger partial charge is 0.507 e. The van der Waals surface area contributed by atoms with E-state index in [2.05, 4.69) is 9.97 Å². The molecule has 0 radical (unpaired) electrons. The predicted molar refractivity (Wildman–Crippen MR) is 221 cm³/mol. The summed E-state index contributed by atoms with van der Waals surface area (Å²) in [4.78, 5) is 60.1. The van der Waals surface area contributed by atoms with Crippen LogP contribution in [0.4, 0.5) is 9.59 Å². The van der Waals surface area contributed by atoms with E-state index in [0.29, 0.717) is 49.1 Å². The zero-order valence-electron chi connectivity index (χ0n) is 35.4. The number of carbonyl (C=O) groups is 4. The minimum Gasteiger partial charge on any atom is -0.507 e. The summed E-state index contributed by atoms with van der Waals surface area (Å²) < 4.78 is 25.9. The van der Waals surface area contributed by atoms with E-state index in [4.69, 9.17) is 23.7 Å². The van der Waals surface area contributed by atoms with Crippen LogP contribution in [0.3, 0.4) is 0 Å². The van der Waals surface area contributed by atoms with Crippen LogP contribution in [-0.2, 0) is 39.4 Å². The van der Waals surface area contributed by atoms with Crippen molar-refractivity contribution in [2.45, 2.75) is 77.9 Å². The molecule has 2 aliphatic rings. The van der Waals surface area contributed by atoms with Crippen molar-refractivity contribution < 1.29 is 68.4 Å². The fourth-order valence-electron chi connectivity index (χ4n) is 6.81. The summed E-state index contributed by atoms with van der Waals surface area (Å²) in [6.45, 7) is 13.3. The number of benzene rings is 2. The molecule has 0 spiro atoms. The Labute approximate surface area is 359 Å². The fourth-order valence-corrected chi connectivity index (χ4v) is 6.81. The van der Waals surface area contributed by atoms with Crippen molar-refractivity contribution in [3.8, 4) is 11.5 Å². The molecule has 322 valence electrons. The molecule has 4 aromatic rings. The van der Waals surface area contributed by atoms with Gasteiger partial charge in [0.15, 0.2) is 0 Å². The number of aromatic hydroxyl groups is 1. The van der Waals surface area contributed by atoms with Gasteiger partial charge in [-0.25, -0.2) is 29.1 Å². The van der Waals surface area contributed by atoms with Crippen molar-refractivity contribution in [2.75, 3.05) is 47.5 Å². The third kappa shape index (κ3) is 11.9. The number of likely N-dealkylation sites (tertiary alicyclic amines) is 1. The number of methoxy groups -OCH3 is 3. The number of carbonyl (C=O) groups excluding carboxylic acids is 4. The number of piperidine rings is 1. The summed E-state index contributed by atoms with van der Waals surface area (Å²) in [5.74, 6) is 0.0497. The Balaban J connectivity index is 0.000000305. The number of esters is 2. The topological polar surface area (TPSA) is 167 Å². The molecule has 1 N–H and O–H groups in total. The van der Waals surface area contributed by atoms with Crippen LogP contribution in [0.15, 0.2) is 54.9 Å². The Morgan fingerprint density at radius 3 is 1.76 bits per heavy atom. The van der Waals surface area contributed by atoms with Crippen molar-refractivity contribution in [1.82, 2.24) is 19.8 Å². The Bertz CT molecular complexity index is 2190. The number of phenolic OH excluding ortho intramolecular Hbond substituents is 1. The van der Waals surface area contributed by atoms with E-state index in [1.807, 2.05) is 65.8 Å². The van der Waals surface area contributed by atoms with E-state index in [9.17, 15) is 24.3 Å². The SMILES string of the molecule is COC(=O)c1cc2c(C3=CCN(C(=O)OC(C)(C)C)CC3)ccc(O)c2cn1.COC(=O)c1cc2c(C3CCN(C(=O)OC(C)(C)C)CC3)ccc(OC)c2cn1.[CH3-].[Pd]. The van der Waals surface area contributed by atoms with E-state index in [-0.39, 0.29) is 63.1 Å². The number of rotatable bonds is 5. The Kier molecular flexibility index (Phi) is 16.4. The van der Waals surface area contributed by atoms with Crippen LogP contribution in [0, 0.1) is 7.43 Å². The van der Waals surface area contributed by atoms with Gasteiger partial charge in [-0.3, -0.25) is 0 Å². The summed E-state index contributed by atoms with van der Waals surface area (Å²) in [6.07, 6.45) is 6.75. The molecular weight excluding hydrogens is 851 g/mol. The minimum atomic E-state index is -0.537. The zero-order valence-corrected chi connectivity index (χ0v) is 37.0. The Morgan fingerprint density at radius 2 is 1.25 bits per heavy atom. The number of hydrogen-bond acceptors (Lipinski definition) is 12. The number of phenols is 1. The van der Waals surface area contributed by atoms with Crippen molar-refractivity contribution in [2.24, 2.45) is 0 Å². The molecule has 1 saturated heterocycles. The van der Waals surface area contributed by atoms with Gasteiger partial charge in [-0.05, 0) is 118 Å². The maximum Gasteiger partial charge on any atom is 0.410 e. The number of nitrogens with zero attached hydrogens (tertiary/aromatic N) is 4. The van der Waals surface area contributed by atoms with Crippen LogP contribution < -0.4 is 4.74 Å². The number of hydrogen-bond donors (Lipinski definition) is 1. The Hall–Kier alpha value is -5.26. The fraction of sp³-hybridized carbons (Fsp3) is 0.432. The smallest absolute Gasteiger partial charge is 0.410 e. The average Bonchev–Trinajstić information content (AvgIpc) is 3.18. The van der Waals surface area contributed by atoms with Crippen LogP contribution in [-0.4, -0.2) is 108 Å². The molecule has 2 amide bonds. The van der Waals surface area contributed by atoms with Crippen molar-refractivity contribution in [3.63, 3.8) is 0 Å². The van der Waals surface area contributed by atoms with Gasteiger partial charge >= 0.3 is 24.1 Å². The molecule has 6 rings (SSSR count). The van der Waals surface area contributed by atoms with E-state index in [0.717, 1.165) is 40.3 Å². The van der Waals surface area contributed by atoms with Crippen LogP contribution in [0.5, 0.6) is 11.5 Å². The van der Waals surface area contributed by atoms with Crippen molar-refractivity contribution in [1.29, 1.82) is 0 Å². The van der Waals surface area contributed by atoms with Gasteiger partial charge in [-0.15, -0.1) is 0 Å². The molecule has 4 heterocycles. The number of ether oxygens (including phenoxy) is 5. The van der Waals surface area contributed by atoms with Gasteiger partial charge in [0.2, 0.25) is 0 Å². The maximum absolute atomic E-state index is 12.3. The number of amides is 2. The van der Waals surface area contributed by atoms with E-state index in [1.54, 1.807) is 41.3 Å². The molecule has 15 heteroatoms. The summed E-state index contributed by atoms with van der Waals surface area (Å²) in [5.41, 5.74) is 2.45. The normalized spacial score (nSPS) is 14.4. The van der Waals surface area contributed by atoms with Crippen LogP contribution in [0.1, 0.15) is 98.8 Å². The first kappa shape index (κ1) is 48.1. The summed E-state index contributed by atoms with van der Waals surface area (Å²) in [6, 6.07) is 10.8. The molecule has 0 aliphatic carbocycles. The van der Waals surface area contributed by atoms with Gasteiger partial charge in [0, 0.05) is 69.8 Å². The quantitative estimate of drug-likeness (QED) is 0.0882. The summed E-state index contributed by atoms with van der Waals surface area (Å²) in [7, 11) is 4.25. The van der Waals surface area contributed by atoms with Crippen LogP contribution in [0.25, 0.3) is 27.1 Å². The molecule has 0 saturated carbocycles. The summed E-state index contributed by atoms with van der Waals surface area (Å²) >= 11 is 0. The molecule has 2 aromatic heterocycles. The molecule has 59 heavy (non-hydrogen) atoms. The zero-order chi connectivity index (χ0) is 41.7. The molecule has 2 aliphatic heterocycles. The van der Waals surface area contributed by atoms with Gasteiger partial charge in [-0.2, -0.15) is 0 Å². The predicted octanol–water partition coefficient (Wildman–Crippen LogP) is 8.34. The van der Waals surface area contributed by atoms with E-state index < -0.39 is 23.1 Å². The van der Waals surface area contributed by atoms with Crippen molar-refractivity contribution in [3.05, 3.63) is 84.8 Å². The Morgan fingerprint density at radius 1 is 0.712 bits per heavy atom. The molecule has 2 aromatic carbocycles. The molecule has 0 unspecified atom stereocenters. The first-order valence-electron chi connectivity index (χ1n) is 18.8. The molecular formula is C44H55N4O10Pd-. The van der Waals surface area contributed by atoms with E-state index in [1.165, 1.54) is 20.4 Å². The van der Waals surface area contributed by atoms with Crippen LogP contribution >= 0.6 is 0 Å². The van der Waals surface area contributed by atoms with Crippen LogP contribution in [0.2, 0.25) is 0 Å². The van der Waals surface area contributed by atoms with Gasteiger partial charge in [0.1, 0.15) is 34.1 Å². The van der Waals surface area contributed by atoms with Gasteiger partial charge < -0.3 is 46.0 Å². The maximum atomic E-state index is 12.3. The number of fused-ring (bicyclic) bond motifs is 2. The summed E-state index contributed by atoms with van der Waals surface area (Å²) in [5, 5.41) is 13.2. The standard InChI is InChI=1S/C22H28N2O5.C21H24N2O5.CH3.Pd/c1-22(2,3)29-21(26)24-10-8-14(9-11-24)15-6-7-19(27-4)17-13-23-18(12-16(15)17)20(25)28-5;1-21(2,3)28-20(26)23-9-7-13(8-10-23)14-5-6-18(24)16-12-22-17(11-15(14)16)19(25)27-4;;/h6-7,12-14H,8-11H2,1-5H3;5-7,11-12,24H,8-10H2,1-4H3;1H3;/q;;-1;. The van der Waals surface area contributed by atoms with Gasteiger partial charge in [0.25, 0.3) is 0 Å². The molecule has 1 fully saturated rings. The first-order chi connectivity index (χ1) is 26.9. The van der Waals surface area contributed by atoms with Gasteiger partial charge in [0.05, 0.1) is 21.3 Å². The molecule has 14 nitrogen and oxygen atoms in total. The molecule has 0 bridgehead atoms. The van der Waals surface area contributed by atoms with E-state index >= 15 is 0 Å². The monoisotopic (exact) mass is 905 g/mol. The second kappa shape index (κ2) is 20.1. The third-order valence-corrected chi connectivity index (χ3v) is 9.57. The second-order valence-electron chi connectivity index (χ2n) is 15.9. The molecule has 0 atom stereocenters. The third-order valence-electron chi connectivity index (χ3n) is 9.57.